The van der Waals surface area contributed by atoms with E-state index in [0.717, 1.165) is 28.2 Å². The maximum atomic E-state index is 12.9. The van der Waals surface area contributed by atoms with E-state index in [1.807, 2.05) is 38.2 Å². The highest BCUT2D eigenvalue weighted by molar-refractivity contribution is 5.95. The largest absolute Gasteiger partial charge is 0.382 e. The number of ether oxygens (including phenoxy) is 2. The molecule has 148 valence electrons. The first-order chi connectivity index (χ1) is 13.5. The SMILES string of the molecule is COCc1n[nH]c(C)c1-c1cccc(C(=O)NC(COC)c2ccnn2C)c1. The monoisotopic (exact) mass is 383 g/mol. The van der Waals surface area contributed by atoms with Crippen LogP contribution in [-0.2, 0) is 23.1 Å². The lowest BCUT2D eigenvalue weighted by atomic mass is 10.0. The van der Waals surface area contributed by atoms with E-state index < -0.39 is 0 Å². The number of H-pyrrole nitrogens is 1. The predicted molar refractivity (Wildman–Crippen MR) is 105 cm³/mol. The van der Waals surface area contributed by atoms with Gasteiger partial charge in [0.2, 0.25) is 0 Å². The van der Waals surface area contributed by atoms with Crippen LogP contribution in [0.5, 0.6) is 0 Å². The van der Waals surface area contributed by atoms with Crippen LogP contribution in [0.2, 0.25) is 0 Å². The zero-order chi connectivity index (χ0) is 20.1. The molecule has 28 heavy (non-hydrogen) atoms. The number of carbonyl (C=O) groups excluding carboxylic acids is 1. The van der Waals surface area contributed by atoms with Gasteiger partial charge in [0.15, 0.2) is 0 Å². The number of nitrogens with one attached hydrogen (secondary N) is 2. The number of hydrogen-bond donors (Lipinski definition) is 2. The minimum atomic E-state index is -0.298. The van der Waals surface area contributed by atoms with Gasteiger partial charge in [0.05, 0.1) is 30.6 Å². The fourth-order valence-corrected chi connectivity index (χ4v) is 3.25. The highest BCUT2D eigenvalue weighted by Gasteiger charge is 2.20. The molecule has 0 spiro atoms. The molecule has 3 rings (SSSR count). The minimum absolute atomic E-state index is 0.181. The van der Waals surface area contributed by atoms with Gasteiger partial charge in [-0.1, -0.05) is 12.1 Å². The third-order valence-electron chi connectivity index (χ3n) is 4.57. The molecule has 0 fully saturated rings. The number of aryl methyl sites for hydroxylation is 2. The van der Waals surface area contributed by atoms with E-state index in [0.29, 0.717) is 18.8 Å². The van der Waals surface area contributed by atoms with Gasteiger partial charge in [-0.2, -0.15) is 10.2 Å². The lowest BCUT2D eigenvalue weighted by molar-refractivity contribution is 0.0892. The Labute approximate surface area is 163 Å². The number of aromatic amines is 1. The van der Waals surface area contributed by atoms with Crippen molar-refractivity contribution in [2.75, 3.05) is 20.8 Å². The lowest BCUT2D eigenvalue weighted by Gasteiger charge is -2.18. The van der Waals surface area contributed by atoms with E-state index in [-0.39, 0.29) is 11.9 Å². The van der Waals surface area contributed by atoms with Gasteiger partial charge in [-0.3, -0.25) is 14.6 Å². The maximum absolute atomic E-state index is 12.9. The summed E-state index contributed by atoms with van der Waals surface area (Å²) in [6.45, 7) is 2.70. The van der Waals surface area contributed by atoms with Crippen LogP contribution in [-0.4, -0.2) is 46.7 Å². The molecule has 8 nitrogen and oxygen atoms in total. The van der Waals surface area contributed by atoms with Gasteiger partial charge in [-0.15, -0.1) is 0 Å². The van der Waals surface area contributed by atoms with Crippen LogP contribution >= 0.6 is 0 Å². The number of carbonyl (C=O) groups is 1. The fourth-order valence-electron chi connectivity index (χ4n) is 3.25. The van der Waals surface area contributed by atoms with E-state index in [4.69, 9.17) is 9.47 Å². The summed E-state index contributed by atoms with van der Waals surface area (Å²) in [5.74, 6) is -0.181. The molecule has 0 saturated heterocycles. The standard InChI is InChI=1S/C20H25N5O3/c1-13-19(17(12-28-4)24-23-13)14-6-5-7-15(10-14)20(26)22-16(11-27-3)18-8-9-21-25(18)2/h5-10,16H,11-12H2,1-4H3,(H,22,26)(H,23,24). The molecule has 1 aromatic carbocycles. The van der Waals surface area contributed by atoms with Gasteiger partial charge in [-0.05, 0) is 30.7 Å². The third kappa shape index (κ3) is 4.13. The van der Waals surface area contributed by atoms with Gasteiger partial charge in [-0.25, -0.2) is 0 Å². The molecule has 0 radical (unpaired) electrons. The van der Waals surface area contributed by atoms with Crippen molar-refractivity contribution < 1.29 is 14.3 Å². The van der Waals surface area contributed by atoms with Crippen LogP contribution in [0.25, 0.3) is 11.1 Å². The molecule has 2 aromatic heterocycles. The number of amides is 1. The first-order valence-corrected chi connectivity index (χ1v) is 8.96. The number of rotatable bonds is 8. The number of benzene rings is 1. The molecule has 1 amide bonds. The topological polar surface area (TPSA) is 94.1 Å². The van der Waals surface area contributed by atoms with Crippen molar-refractivity contribution >= 4 is 5.91 Å². The average molecular weight is 383 g/mol. The maximum Gasteiger partial charge on any atom is 0.251 e. The summed E-state index contributed by atoms with van der Waals surface area (Å²) in [5, 5.41) is 14.5. The average Bonchev–Trinajstić information content (AvgIpc) is 3.27. The molecule has 0 bridgehead atoms. The normalized spacial score (nSPS) is 12.1. The van der Waals surface area contributed by atoms with Crippen molar-refractivity contribution in [3.05, 3.63) is 59.2 Å². The van der Waals surface area contributed by atoms with E-state index in [9.17, 15) is 4.79 Å². The molecule has 1 atom stereocenters. The second-order valence-corrected chi connectivity index (χ2v) is 6.55. The molecule has 3 aromatic rings. The predicted octanol–water partition coefficient (Wildman–Crippen LogP) is 2.38. The first-order valence-electron chi connectivity index (χ1n) is 8.96. The molecular weight excluding hydrogens is 358 g/mol. The highest BCUT2D eigenvalue weighted by Crippen LogP contribution is 2.27. The summed E-state index contributed by atoms with van der Waals surface area (Å²) in [5.41, 5.74) is 5.04. The zero-order valence-corrected chi connectivity index (χ0v) is 16.5. The Kier molecular flexibility index (Phi) is 6.23. The number of methoxy groups -OCH3 is 2. The minimum Gasteiger partial charge on any atom is -0.382 e. The summed E-state index contributed by atoms with van der Waals surface area (Å²) in [6.07, 6.45) is 1.70. The molecule has 2 heterocycles. The molecule has 1 unspecified atom stereocenters. The van der Waals surface area contributed by atoms with Crippen LogP contribution in [0.15, 0.2) is 36.5 Å². The summed E-state index contributed by atoms with van der Waals surface area (Å²) in [4.78, 5) is 12.9. The lowest BCUT2D eigenvalue weighted by Crippen LogP contribution is -2.32. The van der Waals surface area contributed by atoms with E-state index in [1.54, 1.807) is 31.2 Å². The second-order valence-electron chi connectivity index (χ2n) is 6.55. The second kappa shape index (κ2) is 8.81. The summed E-state index contributed by atoms with van der Waals surface area (Å²) in [7, 11) is 5.07. The van der Waals surface area contributed by atoms with Crippen molar-refractivity contribution in [2.24, 2.45) is 7.05 Å². The molecule has 2 N–H and O–H groups in total. The van der Waals surface area contributed by atoms with Gasteiger partial charge < -0.3 is 14.8 Å². The summed E-state index contributed by atoms with van der Waals surface area (Å²) < 4.78 is 12.2. The van der Waals surface area contributed by atoms with E-state index in [1.165, 1.54) is 0 Å². The molecule has 0 saturated carbocycles. The Morgan fingerprint density at radius 1 is 1.29 bits per heavy atom. The quantitative estimate of drug-likeness (QED) is 0.623. The summed E-state index contributed by atoms with van der Waals surface area (Å²) >= 11 is 0. The van der Waals surface area contributed by atoms with Crippen LogP contribution in [0.3, 0.4) is 0 Å². The zero-order valence-electron chi connectivity index (χ0n) is 16.5. The smallest absolute Gasteiger partial charge is 0.251 e. The Bertz CT molecular complexity index is 947. The molecule has 0 aliphatic carbocycles. The van der Waals surface area contributed by atoms with E-state index >= 15 is 0 Å². The third-order valence-corrected chi connectivity index (χ3v) is 4.57. The van der Waals surface area contributed by atoms with Crippen molar-refractivity contribution in [2.45, 2.75) is 19.6 Å². The van der Waals surface area contributed by atoms with Gasteiger partial charge in [0.1, 0.15) is 0 Å². The first kappa shape index (κ1) is 19.8. The van der Waals surface area contributed by atoms with E-state index in [2.05, 4.69) is 20.6 Å². The summed E-state index contributed by atoms with van der Waals surface area (Å²) in [6, 6.07) is 9.04. The fraction of sp³-hybridized carbons (Fsp3) is 0.350. The van der Waals surface area contributed by atoms with Crippen LogP contribution in [0.1, 0.15) is 33.5 Å². The number of hydrogen-bond acceptors (Lipinski definition) is 5. The van der Waals surface area contributed by atoms with Crippen LogP contribution in [0.4, 0.5) is 0 Å². The highest BCUT2D eigenvalue weighted by atomic mass is 16.5. The van der Waals surface area contributed by atoms with Crippen molar-refractivity contribution in [1.82, 2.24) is 25.3 Å². The Morgan fingerprint density at radius 3 is 2.79 bits per heavy atom. The number of nitrogens with zero attached hydrogens (tertiary/aromatic N) is 3. The molecule has 8 heteroatoms. The van der Waals surface area contributed by atoms with Crippen LogP contribution < -0.4 is 5.32 Å². The Balaban J connectivity index is 1.86. The Hall–Kier alpha value is -2.97. The number of aromatic nitrogens is 4. The van der Waals surface area contributed by atoms with Gasteiger partial charge >= 0.3 is 0 Å². The molecular formula is C20H25N5O3. The van der Waals surface area contributed by atoms with Gasteiger partial charge in [0.25, 0.3) is 5.91 Å². The van der Waals surface area contributed by atoms with Crippen LogP contribution in [0, 0.1) is 6.92 Å². The van der Waals surface area contributed by atoms with Crippen molar-refractivity contribution in [3.63, 3.8) is 0 Å². The van der Waals surface area contributed by atoms with Crippen molar-refractivity contribution in [1.29, 1.82) is 0 Å². The van der Waals surface area contributed by atoms with Gasteiger partial charge in [0, 0.05) is 44.3 Å². The molecule has 0 aliphatic heterocycles. The Morgan fingerprint density at radius 2 is 2.11 bits per heavy atom. The molecule has 0 aliphatic rings. The van der Waals surface area contributed by atoms with Crippen molar-refractivity contribution in [3.8, 4) is 11.1 Å².